The molecule has 3 rings (SSSR count). The van der Waals surface area contributed by atoms with E-state index in [0.717, 1.165) is 0 Å². The molecule has 1 heterocycles. The molecular weight excluding hydrogens is 344 g/mol. The van der Waals surface area contributed by atoms with Gasteiger partial charge in [-0.2, -0.15) is 0 Å². The van der Waals surface area contributed by atoms with Crippen molar-refractivity contribution in [2.75, 3.05) is 10.6 Å². The van der Waals surface area contributed by atoms with Crippen LogP contribution < -0.4 is 10.6 Å². The van der Waals surface area contributed by atoms with Crippen molar-refractivity contribution < 1.29 is 19.5 Å². The van der Waals surface area contributed by atoms with Crippen molar-refractivity contribution in [1.82, 2.24) is 0 Å². The molecule has 2 aromatic carbocycles. The van der Waals surface area contributed by atoms with Crippen molar-refractivity contribution in [3.63, 3.8) is 0 Å². The van der Waals surface area contributed by atoms with Gasteiger partial charge in [0.2, 0.25) is 5.91 Å². The van der Waals surface area contributed by atoms with E-state index in [1.807, 2.05) is 0 Å². The van der Waals surface area contributed by atoms with Crippen LogP contribution in [-0.2, 0) is 15.2 Å². The summed E-state index contributed by atoms with van der Waals surface area (Å²) in [5, 5.41) is 16.3. The number of carbonyl (C=O) groups is 3. The zero-order valence-electron chi connectivity index (χ0n) is 13.3. The van der Waals surface area contributed by atoms with Gasteiger partial charge < -0.3 is 15.7 Å². The fourth-order valence-electron chi connectivity index (χ4n) is 2.80. The highest BCUT2D eigenvalue weighted by Crippen LogP contribution is 2.40. The molecule has 128 valence electrons. The summed E-state index contributed by atoms with van der Waals surface area (Å²) in [5.74, 6) is -1.37. The molecule has 2 amide bonds. The molecule has 0 unspecified atom stereocenters. The van der Waals surface area contributed by atoms with E-state index >= 15 is 0 Å². The number of carbonyl (C=O) groups excluding carboxylic acids is 3. The Hall–Kier alpha value is -2.70. The van der Waals surface area contributed by atoms with Crippen LogP contribution in [0.4, 0.5) is 11.4 Å². The molecule has 1 atom stereocenters. The van der Waals surface area contributed by atoms with Gasteiger partial charge in [-0.15, -0.1) is 0 Å². The molecule has 2 aromatic rings. The van der Waals surface area contributed by atoms with E-state index in [9.17, 15) is 19.5 Å². The van der Waals surface area contributed by atoms with Crippen molar-refractivity contribution >= 4 is 40.6 Å². The Morgan fingerprint density at radius 2 is 2.00 bits per heavy atom. The summed E-state index contributed by atoms with van der Waals surface area (Å²) in [5.41, 5.74) is -0.540. The topological polar surface area (TPSA) is 95.5 Å². The number of aliphatic hydroxyl groups is 1. The molecule has 6 nitrogen and oxygen atoms in total. The first-order valence-corrected chi connectivity index (χ1v) is 7.92. The maximum Gasteiger partial charge on any atom is 0.261 e. The smallest absolute Gasteiger partial charge is 0.261 e. The predicted octanol–water partition coefficient (Wildman–Crippen LogP) is 2.71. The molecule has 0 aliphatic carbocycles. The van der Waals surface area contributed by atoms with Gasteiger partial charge in [-0.05, 0) is 30.3 Å². The van der Waals surface area contributed by atoms with E-state index < -0.39 is 23.7 Å². The van der Waals surface area contributed by atoms with Crippen molar-refractivity contribution in [1.29, 1.82) is 0 Å². The number of benzene rings is 2. The predicted molar refractivity (Wildman–Crippen MR) is 93.7 cm³/mol. The third-order valence-electron chi connectivity index (χ3n) is 3.97. The van der Waals surface area contributed by atoms with Crippen molar-refractivity contribution in [2.24, 2.45) is 0 Å². The second-order valence-corrected chi connectivity index (χ2v) is 6.30. The monoisotopic (exact) mass is 358 g/mol. The quantitative estimate of drug-likeness (QED) is 0.732. The van der Waals surface area contributed by atoms with Gasteiger partial charge in [-0.25, -0.2) is 0 Å². The number of anilines is 2. The largest absolute Gasteiger partial charge is 0.375 e. The van der Waals surface area contributed by atoms with Crippen molar-refractivity contribution in [3.05, 3.63) is 58.6 Å². The molecule has 0 radical (unpaired) electrons. The van der Waals surface area contributed by atoms with Crippen LogP contribution in [0.1, 0.15) is 29.3 Å². The van der Waals surface area contributed by atoms with Crippen LogP contribution in [-0.4, -0.2) is 22.7 Å². The van der Waals surface area contributed by atoms with Gasteiger partial charge in [0.25, 0.3) is 5.91 Å². The molecule has 0 fully saturated rings. The number of amides is 2. The third kappa shape index (κ3) is 3.26. The lowest BCUT2D eigenvalue weighted by molar-refractivity contribution is -0.133. The molecule has 0 saturated heterocycles. The fourth-order valence-corrected chi connectivity index (χ4v) is 2.97. The van der Waals surface area contributed by atoms with E-state index in [2.05, 4.69) is 10.6 Å². The fraction of sp³-hybridized carbons (Fsp3) is 0.167. The molecule has 0 aromatic heterocycles. The minimum atomic E-state index is -1.98. The second-order valence-electron chi connectivity index (χ2n) is 5.87. The van der Waals surface area contributed by atoms with Gasteiger partial charge in [0, 0.05) is 34.4 Å². The van der Waals surface area contributed by atoms with Gasteiger partial charge in [0.1, 0.15) is 0 Å². The highest BCUT2D eigenvalue weighted by molar-refractivity contribution is 6.31. The molecule has 1 aliphatic heterocycles. The summed E-state index contributed by atoms with van der Waals surface area (Å²) in [6.45, 7) is 1.36. The average Bonchev–Trinajstić information content (AvgIpc) is 2.78. The van der Waals surface area contributed by atoms with Crippen LogP contribution >= 0.6 is 11.6 Å². The summed E-state index contributed by atoms with van der Waals surface area (Å²) in [7, 11) is 0. The van der Waals surface area contributed by atoms with Gasteiger partial charge in [-0.1, -0.05) is 23.7 Å². The normalized spacial score (nSPS) is 18.4. The lowest BCUT2D eigenvalue weighted by Gasteiger charge is -2.20. The Morgan fingerprint density at radius 1 is 1.24 bits per heavy atom. The first-order valence-electron chi connectivity index (χ1n) is 7.54. The number of hydrogen-bond acceptors (Lipinski definition) is 4. The molecule has 3 N–H and O–H groups in total. The molecule has 1 aliphatic rings. The van der Waals surface area contributed by atoms with Crippen LogP contribution in [0.2, 0.25) is 5.02 Å². The van der Waals surface area contributed by atoms with Crippen LogP contribution in [0, 0.1) is 0 Å². The Kier molecular flexibility index (Phi) is 4.32. The summed E-state index contributed by atoms with van der Waals surface area (Å²) in [4.78, 5) is 36.0. The first-order chi connectivity index (χ1) is 11.8. The maximum atomic E-state index is 12.6. The molecular formula is C18H15ClN2O4. The standard InChI is InChI=1S/C18H15ClN2O4/c1-10(22)20-13-4-2-3-11(7-13)16(23)9-18(25)14-8-12(19)5-6-15(14)21-17(18)24/h2-8,25H,9H2,1H3,(H,20,22)(H,21,24)/t18-/m1/s1. The molecule has 7 heteroatoms. The summed E-state index contributed by atoms with van der Waals surface area (Å²) in [6.07, 6.45) is -0.435. The SMILES string of the molecule is CC(=O)Nc1cccc(C(=O)C[C@]2(O)C(=O)Nc3ccc(Cl)cc32)c1. The number of halogens is 1. The van der Waals surface area contributed by atoms with E-state index in [4.69, 9.17) is 11.6 Å². The first kappa shape index (κ1) is 17.1. The van der Waals surface area contributed by atoms with Crippen LogP contribution in [0.3, 0.4) is 0 Å². The average molecular weight is 359 g/mol. The molecule has 0 saturated carbocycles. The van der Waals surface area contributed by atoms with Gasteiger partial charge in [-0.3, -0.25) is 14.4 Å². The second kappa shape index (κ2) is 6.31. The number of rotatable bonds is 4. The lowest BCUT2D eigenvalue weighted by Crippen LogP contribution is -2.36. The van der Waals surface area contributed by atoms with Crippen LogP contribution in [0.15, 0.2) is 42.5 Å². The highest BCUT2D eigenvalue weighted by atomic mass is 35.5. The number of nitrogens with one attached hydrogen (secondary N) is 2. The van der Waals surface area contributed by atoms with E-state index in [0.29, 0.717) is 16.4 Å². The Balaban J connectivity index is 1.90. The van der Waals surface area contributed by atoms with Crippen molar-refractivity contribution in [2.45, 2.75) is 18.9 Å². The summed E-state index contributed by atoms with van der Waals surface area (Å²) >= 11 is 5.95. The maximum absolute atomic E-state index is 12.6. The summed E-state index contributed by atoms with van der Waals surface area (Å²) < 4.78 is 0. The van der Waals surface area contributed by atoms with Crippen LogP contribution in [0.5, 0.6) is 0 Å². The zero-order chi connectivity index (χ0) is 18.2. The Labute approximate surface area is 148 Å². The number of ketones is 1. The van der Waals surface area contributed by atoms with E-state index in [-0.39, 0.29) is 17.0 Å². The van der Waals surface area contributed by atoms with E-state index in [1.165, 1.54) is 19.1 Å². The third-order valence-corrected chi connectivity index (χ3v) is 4.21. The number of hydrogen-bond donors (Lipinski definition) is 3. The van der Waals surface area contributed by atoms with Crippen molar-refractivity contribution in [3.8, 4) is 0 Å². The Bertz CT molecular complexity index is 896. The van der Waals surface area contributed by atoms with Gasteiger partial charge in [0.05, 0.1) is 6.42 Å². The summed E-state index contributed by atoms with van der Waals surface area (Å²) in [6, 6.07) is 10.9. The van der Waals surface area contributed by atoms with Gasteiger partial charge >= 0.3 is 0 Å². The zero-order valence-corrected chi connectivity index (χ0v) is 14.1. The molecule has 0 bridgehead atoms. The molecule has 0 spiro atoms. The van der Waals surface area contributed by atoms with Gasteiger partial charge in [0.15, 0.2) is 11.4 Å². The number of fused-ring (bicyclic) bond motifs is 1. The lowest BCUT2D eigenvalue weighted by atomic mass is 9.88. The van der Waals surface area contributed by atoms with E-state index in [1.54, 1.807) is 30.3 Å². The Morgan fingerprint density at radius 3 is 2.72 bits per heavy atom. The minimum absolute atomic E-state index is 0.262. The van der Waals surface area contributed by atoms with Crippen LogP contribution in [0.25, 0.3) is 0 Å². The number of Topliss-reactive ketones (excluding diaryl/α,β-unsaturated/α-hetero) is 1. The highest BCUT2D eigenvalue weighted by Gasteiger charge is 2.46. The molecule has 25 heavy (non-hydrogen) atoms. The minimum Gasteiger partial charge on any atom is -0.375 e.